The Balaban J connectivity index is 0.000000535. The number of carboxylic acids is 3. The molecule has 9 heteroatoms. The highest BCUT2D eigenvalue weighted by molar-refractivity contribution is 5.74. The maximum atomic E-state index is 10.7. The third-order valence-corrected chi connectivity index (χ3v) is 4.17. The number of carbonyl (C=O) groups is 3. The van der Waals surface area contributed by atoms with E-state index in [0.29, 0.717) is 18.9 Å². The second kappa shape index (κ2) is 11.8. The quantitative estimate of drug-likeness (QED) is 0.335. The lowest BCUT2D eigenvalue weighted by molar-refractivity contribution is -0.147. The van der Waals surface area contributed by atoms with Gasteiger partial charge in [0.15, 0.2) is 6.10 Å². The fourth-order valence-electron chi connectivity index (χ4n) is 2.55. The number of aliphatic carboxylic acids is 3. The lowest BCUT2D eigenvalue weighted by atomic mass is 9.95. The van der Waals surface area contributed by atoms with Gasteiger partial charge in [-0.3, -0.25) is 9.59 Å². The summed E-state index contributed by atoms with van der Waals surface area (Å²) in [6.45, 7) is 3.84. The molecule has 5 atom stereocenters. The van der Waals surface area contributed by atoms with Gasteiger partial charge in [-0.05, 0) is 52.0 Å². The molecule has 0 aromatic rings. The van der Waals surface area contributed by atoms with Crippen molar-refractivity contribution in [2.24, 2.45) is 5.92 Å². The van der Waals surface area contributed by atoms with E-state index in [-0.39, 0.29) is 18.4 Å². The van der Waals surface area contributed by atoms with Crippen LogP contribution in [0.5, 0.6) is 0 Å². The zero-order valence-corrected chi connectivity index (χ0v) is 14.9. The second-order valence-corrected chi connectivity index (χ2v) is 6.49. The van der Waals surface area contributed by atoms with Crippen LogP contribution in [0.15, 0.2) is 0 Å². The molecule has 25 heavy (non-hydrogen) atoms. The van der Waals surface area contributed by atoms with Crippen LogP contribution in [0, 0.1) is 5.92 Å². The zero-order chi connectivity index (χ0) is 19.6. The summed E-state index contributed by atoms with van der Waals surface area (Å²) in [5.74, 6) is -2.84. The van der Waals surface area contributed by atoms with E-state index >= 15 is 0 Å². The third kappa shape index (κ3) is 10.0. The molecule has 0 amide bonds. The maximum Gasteiger partial charge on any atom is 0.332 e. The lowest BCUT2D eigenvalue weighted by Gasteiger charge is -2.17. The Morgan fingerprint density at radius 1 is 1.12 bits per heavy atom. The molecule has 146 valence electrons. The molecule has 1 heterocycles. The van der Waals surface area contributed by atoms with Gasteiger partial charge in [0, 0.05) is 6.04 Å². The topological polar surface area (TPSA) is 156 Å². The van der Waals surface area contributed by atoms with Gasteiger partial charge in [0.2, 0.25) is 0 Å². The van der Waals surface area contributed by atoms with Crippen molar-refractivity contribution >= 4 is 17.9 Å². The van der Waals surface area contributed by atoms with Crippen LogP contribution in [-0.2, 0) is 14.4 Å². The fourth-order valence-corrected chi connectivity index (χ4v) is 2.55. The molecule has 1 rings (SSSR count). The number of rotatable bonds is 9. The Morgan fingerprint density at radius 3 is 2.04 bits per heavy atom. The van der Waals surface area contributed by atoms with Crippen molar-refractivity contribution in [2.45, 2.75) is 70.2 Å². The van der Waals surface area contributed by atoms with Crippen LogP contribution in [0.1, 0.15) is 46.0 Å². The minimum absolute atomic E-state index is 0.0440. The van der Waals surface area contributed by atoms with E-state index in [4.69, 9.17) is 20.4 Å². The van der Waals surface area contributed by atoms with Gasteiger partial charge in [-0.15, -0.1) is 0 Å². The minimum atomic E-state index is -1.36. The average molecular weight is 362 g/mol. The lowest BCUT2D eigenvalue weighted by Crippen LogP contribution is -2.35. The molecule has 0 spiro atoms. The van der Waals surface area contributed by atoms with Gasteiger partial charge in [0.05, 0.1) is 0 Å². The van der Waals surface area contributed by atoms with Crippen molar-refractivity contribution in [1.29, 1.82) is 0 Å². The standard InChI is InChI=1S/C10H19NO5.C6H11NO2/c1-6(3-4-8(12)10(15)16)5-7(11-2)9(13)14;1-4-2-3-5(7-4)6(8)9/h6-8,11-12H,3-5H2,1-2H3,(H,13,14)(H,15,16);4-5,7H,2-3H2,1H3,(H,8,9)/t6?,7-,8?;4-,5?/m11/s1. The average Bonchev–Trinajstić information content (AvgIpc) is 2.97. The molecule has 0 radical (unpaired) electrons. The molecule has 1 saturated heterocycles. The van der Waals surface area contributed by atoms with Crippen LogP contribution >= 0.6 is 0 Å². The van der Waals surface area contributed by atoms with Crippen molar-refractivity contribution in [3.63, 3.8) is 0 Å². The van der Waals surface area contributed by atoms with Gasteiger partial charge >= 0.3 is 17.9 Å². The highest BCUT2D eigenvalue weighted by Gasteiger charge is 2.25. The van der Waals surface area contributed by atoms with Crippen LogP contribution in [0.2, 0.25) is 0 Å². The van der Waals surface area contributed by atoms with Crippen LogP contribution in [-0.4, -0.2) is 69.6 Å². The second-order valence-electron chi connectivity index (χ2n) is 6.49. The van der Waals surface area contributed by atoms with Crippen molar-refractivity contribution in [3.8, 4) is 0 Å². The summed E-state index contributed by atoms with van der Waals surface area (Å²) in [6.07, 6.45) is 1.44. The van der Waals surface area contributed by atoms with E-state index < -0.39 is 30.1 Å². The van der Waals surface area contributed by atoms with Crippen LogP contribution in [0.4, 0.5) is 0 Å². The van der Waals surface area contributed by atoms with E-state index in [0.717, 1.165) is 12.8 Å². The maximum absolute atomic E-state index is 10.7. The van der Waals surface area contributed by atoms with E-state index in [9.17, 15) is 14.4 Å². The molecule has 0 saturated carbocycles. The normalized spacial score (nSPS) is 23.0. The Morgan fingerprint density at radius 2 is 1.72 bits per heavy atom. The first-order valence-corrected chi connectivity index (χ1v) is 8.38. The van der Waals surface area contributed by atoms with Gasteiger partial charge < -0.3 is 31.1 Å². The van der Waals surface area contributed by atoms with Gasteiger partial charge in [0.25, 0.3) is 0 Å². The number of likely N-dealkylation sites (N-methyl/N-ethyl adjacent to an activating group) is 1. The van der Waals surface area contributed by atoms with Gasteiger partial charge in [-0.2, -0.15) is 0 Å². The molecule has 0 aliphatic carbocycles. The SMILES string of the molecule is CN[C@H](CC(C)CCC(O)C(=O)O)C(=O)O.C[C@@H]1CCC(C(=O)O)N1. The Hall–Kier alpha value is -1.71. The first-order chi connectivity index (χ1) is 11.6. The summed E-state index contributed by atoms with van der Waals surface area (Å²) in [7, 11) is 1.57. The number of hydrogen-bond donors (Lipinski definition) is 6. The predicted molar refractivity (Wildman–Crippen MR) is 90.4 cm³/mol. The van der Waals surface area contributed by atoms with E-state index in [1.165, 1.54) is 0 Å². The largest absolute Gasteiger partial charge is 0.480 e. The highest BCUT2D eigenvalue weighted by atomic mass is 16.4. The fraction of sp³-hybridized carbons (Fsp3) is 0.812. The van der Waals surface area contributed by atoms with Crippen molar-refractivity contribution < 1.29 is 34.8 Å². The summed E-state index contributed by atoms with van der Waals surface area (Å²) in [5.41, 5.74) is 0. The zero-order valence-electron chi connectivity index (χ0n) is 14.9. The predicted octanol–water partition coefficient (Wildman–Crippen LogP) is 0.122. The van der Waals surface area contributed by atoms with Gasteiger partial charge in [-0.1, -0.05) is 6.92 Å². The number of carboxylic acid groups (broad SMARTS) is 3. The molecular weight excluding hydrogens is 332 g/mol. The van der Waals surface area contributed by atoms with E-state index in [1.54, 1.807) is 7.05 Å². The van der Waals surface area contributed by atoms with E-state index in [1.807, 2.05) is 13.8 Å². The third-order valence-electron chi connectivity index (χ3n) is 4.17. The molecule has 1 aliphatic heterocycles. The van der Waals surface area contributed by atoms with Crippen molar-refractivity contribution in [2.75, 3.05) is 7.05 Å². The van der Waals surface area contributed by atoms with Crippen molar-refractivity contribution in [3.05, 3.63) is 0 Å². The van der Waals surface area contributed by atoms with Crippen LogP contribution in [0.3, 0.4) is 0 Å². The monoisotopic (exact) mass is 362 g/mol. The molecule has 3 unspecified atom stereocenters. The molecule has 0 aromatic carbocycles. The van der Waals surface area contributed by atoms with Gasteiger partial charge in [0.1, 0.15) is 12.1 Å². The molecule has 1 aliphatic rings. The minimum Gasteiger partial charge on any atom is -0.480 e. The summed E-state index contributed by atoms with van der Waals surface area (Å²) in [4.78, 5) is 31.3. The first kappa shape index (κ1) is 23.3. The first-order valence-electron chi connectivity index (χ1n) is 8.38. The number of aliphatic hydroxyl groups is 1. The summed E-state index contributed by atoms with van der Waals surface area (Å²) in [5, 5.41) is 40.4. The van der Waals surface area contributed by atoms with Crippen molar-refractivity contribution in [1.82, 2.24) is 10.6 Å². The number of aliphatic hydroxyl groups excluding tert-OH is 1. The Kier molecular flexibility index (Phi) is 11.0. The molecule has 0 bridgehead atoms. The molecule has 9 nitrogen and oxygen atoms in total. The smallest absolute Gasteiger partial charge is 0.332 e. The Labute approximate surface area is 147 Å². The molecule has 1 fully saturated rings. The molecule has 6 N–H and O–H groups in total. The summed E-state index contributed by atoms with van der Waals surface area (Å²) >= 11 is 0. The van der Waals surface area contributed by atoms with Crippen LogP contribution in [0.25, 0.3) is 0 Å². The number of hydrogen-bond acceptors (Lipinski definition) is 6. The molecule has 0 aromatic heterocycles. The Bertz CT molecular complexity index is 444. The van der Waals surface area contributed by atoms with Gasteiger partial charge in [-0.25, -0.2) is 4.79 Å². The van der Waals surface area contributed by atoms with Crippen LogP contribution < -0.4 is 10.6 Å². The van der Waals surface area contributed by atoms with E-state index in [2.05, 4.69) is 10.6 Å². The highest BCUT2D eigenvalue weighted by Crippen LogP contribution is 2.14. The summed E-state index contributed by atoms with van der Waals surface area (Å²) < 4.78 is 0. The summed E-state index contributed by atoms with van der Waals surface area (Å²) in [6, 6.07) is -0.539. The number of nitrogens with one attached hydrogen (secondary N) is 2. The molecular formula is C16H30N2O7.